The van der Waals surface area contributed by atoms with Crippen LogP contribution in [-0.2, 0) is 23.2 Å². The van der Waals surface area contributed by atoms with Crippen molar-refractivity contribution in [3.8, 4) is 5.75 Å². The van der Waals surface area contributed by atoms with Crippen molar-refractivity contribution in [2.24, 2.45) is 4.99 Å². The van der Waals surface area contributed by atoms with E-state index in [-0.39, 0.29) is 11.4 Å². The standard InChI is InChI=1S/C26H24N2O4S/c1-20-7-15-26(16-8-20)33(29,30)28-18-25-14-13-24(32-25)17-27-22-9-11-23(12-10-22)31-19-21-5-3-2-4-6-21/h2-17,28H,18-19H2,1H3. The van der Waals surface area contributed by atoms with Crippen molar-refractivity contribution in [1.29, 1.82) is 0 Å². The maximum atomic E-state index is 12.4. The lowest BCUT2D eigenvalue weighted by Gasteiger charge is -2.06. The predicted octanol–water partition coefficient (Wildman–Crippen LogP) is 5.40. The minimum atomic E-state index is -3.60. The lowest BCUT2D eigenvalue weighted by atomic mass is 10.2. The Morgan fingerprint density at radius 1 is 0.909 bits per heavy atom. The van der Waals surface area contributed by atoms with E-state index in [0.717, 1.165) is 22.6 Å². The number of furan rings is 1. The van der Waals surface area contributed by atoms with E-state index in [1.807, 2.05) is 61.5 Å². The summed E-state index contributed by atoms with van der Waals surface area (Å²) in [7, 11) is -3.60. The molecule has 1 aromatic heterocycles. The SMILES string of the molecule is Cc1ccc(S(=O)(=O)NCc2ccc(C=Nc3ccc(OCc4ccccc4)cc3)o2)cc1. The number of nitrogens with one attached hydrogen (secondary N) is 1. The van der Waals surface area contributed by atoms with E-state index < -0.39 is 10.0 Å². The summed E-state index contributed by atoms with van der Waals surface area (Å²) in [4.78, 5) is 4.62. The first-order chi connectivity index (χ1) is 16.0. The number of hydrogen-bond donors (Lipinski definition) is 1. The summed E-state index contributed by atoms with van der Waals surface area (Å²) >= 11 is 0. The van der Waals surface area contributed by atoms with Gasteiger partial charge in [-0.3, -0.25) is 4.99 Å². The Bertz CT molecular complexity index is 1310. The van der Waals surface area contributed by atoms with Crippen molar-refractivity contribution in [3.63, 3.8) is 0 Å². The largest absolute Gasteiger partial charge is 0.489 e. The zero-order valence-electron chi connectivity index (χ0n) is 18.1. The molecule has 7 heteroatoms. The Kier molecular flexibility index (Phi) is 7.02. The molecule has 0 bridgehead atoms. The predicted molar refractivity (Wildman–Crippen MR) is 128 cm³/mol. The monoisotopic (exact) mass is 460 g/mol. The number of ether oxygens (including phenoxy) is 1. The van der Waals surface area contributed by atoms with Gasteiger partial charge in [0.1, 0.15) is 23.9 Å². The van der Waals surface area contributed by atoms with E-state index in [2.05, 4.69) is 9.71 Å². The van der Waals surface area contributed by atoms with Gasteiger partial charge in [0.05, 0.1) is 23.3 Å². The van der Waals surface area contributed by atoms with Gasteiger partial charge in [-0.05, 0) is 61.0 Å². The summed E-state index contributed by atoms with van der Waals surface area (Å²) in [6, 6.07) is 27.6. The Labute approximate surface area is 193 Å². The van der Waals surface area contributed by atoms with Gasteiger partial charge in [-0.1, -0.05) is 48.0 Å². The normalized spacial score (nSPS) is 11.7. The molecule has 0 saturated heterocycles. The number of aryl methyl sites for hydroxylation is 1. The lowest BCUT2D eigenvalue weighted by Crippen LogP contribution is -2.22. The smallest absolute Gasteiger partial charge is 0.240 e. The van der Waals surface area contributed by atoms with Crippen LogP contribution in [0.15, 0.2) is 105 Å². The number of sulfonamides is 1. The second-order valence-corrected chi connectivity index (χ2v) is 9.24. The summed E-state index contributed by atoms with van der Waals surface area (Å²) < 4.78 is 38.8. The van der Waals surface area contributed by atoms with Crippen molar-refractivity contribution in [3.05, 3.63) is 114 Å². The Hall–Kier alpha value is -3.68. The summed E-state index contributed by atoms with van der Waals surface area (Å²) in [6.45, 7) is 2.47. The van der Waals surface area contributed by atoms with Gasteiger partial charge in [0, 0.05) is 0 Å². The molecule has 0 atom stereocenters. The van der Waals surface area contributed by atoms with Crippen molar-refractivity contribution in [2.45, 2.75) is 25.0 Å². The third-order valence-corrected chi connectivity index (χ3v) is 6.29. The van der Waals surface area contributed by atoms with E-state index in [1.54, 1.807) is 42.6 Å². The average Bonchev–Trinajstić information content (AvgIpc) is 3.30. The van der Waals surface area contributed by atoms with E-state index >= 15 is 0 Å². The highest BCUT2D eigenvalue weighted by Gasteiger charge is 2.14. The maximum Gasteiger partial charge on any atom is 0.240 e. The first-order valence-corrected chi connectivity index (χ1v) is 11.9. The Morgan fingerprint density at radius 2 is 1.64 bits per heavy atom. The van der Waals surface area contributed by atoms with Gasteiger partial charge >= 0.3 is 0 Å². The van der Waals surface area contributed by atoms with E-state index in [4.69, 9.17) is 9.15 Å². The molecule has 0 fully saturated rings. The van der Waals surface area contributed by atoms with Crippen LogP contribution in [0.3, 0.4) is 0 Å². The highest BCUT2D eigenvalue weighted by atomic mass is 32.2. The number of nitrogens with zero attached hydrogens (tertiary/aromatic N) is 1. The molecule has 1 heterocycles. The fourth-order valence-electron chi connectivity index (χ4n) is 3.03. The Balaban J connectivity index is 1.30. The van der Waals surface area contributed by atoms with Crippen LogP contribution in [0.25, 0.3) is 0 Å². The third-order valence-electron chi connectivity index (χ3n) is 4.88. The molecule has 4 rings (SSSR count). The number of benzene rings is 3. The van der Waals surface area contributed by atoms with Crippen LogP contribution < -0.4 is 9.46 Å². The molecule has 0 unspecified atom stereocenters. The van der Waals surface area contributed by atoms with Crippen molar-refractivity contribution in [2.75, 3.05) is 0 Å². The maximum absolute atomic E-state index is 12.4. The minimum Gasteiger partial charge on any atom is -0.489 e. The van der Waals surface area contributed by atoms with Crippen LogP contribution >= 0.6 is 0 Å². The van der Waals surface area contributed by atoms with Crippen LogP contribution in [0.2, 0.25) is 0 Å². The molecular weight excluding hydrogens is 436 g/mol. The summed E-state index contributed by atoms with van der Waals surface area (Å²) in [5, 5.41) is 0. The van der Waals surface area contributed by atoms with E-state index in [1.165, 1.54) is 0 Å². The number of hydrogen-bond acceptors (Lipinski definition) is 5. The van der Waals surface area contributed by atoms with Crippen molar-refractivity contribution in [1.82, 2.24) is 4.72 Å². The van der Waals surface area contributed by atoms with Crippen LogP contribution in [0.4, 0.5) is 5.69 Å². The molecule has 0 amide bonds. The quantitative estimate of drug-likeness (QED) is 0.339. The van der Waals surface area contributed by atoms with Crippen LogP contribution in [0.1, 0.15) is 22.6 Å². The zero-order valence-corrected chi connectivity index (χ0v) is 19.0. The van der Waals surface area contributed by atoms with Gasteiger partial charge in [0.25, 0.3) is 0 Å². The topological polar surface area (TPSA) is 80.9 Å². The fraction of sp³-hybridized carbons (Fsp3) is 0.115. The zero-order chi connectivity index (χ0) is 23.1. The molecule has 33 heavy (non-hydrogen) atoms. The van der Waals surface area contributed by atoms with Gasteiger partial charge < -0.3 is 9.15 Å². The molecule has 0 spiro atoms. The third kappa shape index (κ3) is 6.41. The summed E-state index contributed by atoms with van der Waals surface area (Å²) in [5.74, 6) is 1.79. The first-order valence-electron chi connectivity index (χ1n) is 10.4. The molecular formula is C26H24N2O4S. The minimum absolute atomic E-state index is 0.0531. The summed E-state index contributed by atoms with van der Waals surface area (Å²) in [5.41, 5.74) is 2.85. The molecule has 0 aliphatic heterocycles. The molecule has 168 valence electrons. The molecule has 0 aliphatic rings. The molecule has 4 aromatic rings. The van der Waals surface area contributed by atoms with Gasteiger partial charge in [0.15, 0.2) is 0 Å². The average molecular weight is 461 g/mol. The molecule has 3 aromatic carbocycles. The fourth-order valence-corrected chi connectivity index (χ4v) is 4.03. The molecule has 1 N–H and O–H groups in total. The molecule has 6 nitrogen and oxygen atoms in total. The van der Waals surface area contributed by atoms with E-state index in [9.17, 15) is 8.42 Å². The van der Waals surface area contributed by atoms with Crippen molar-refractivity contribution < 1.29 is 17.6 Å². The molecule has 0 aliphatic carbocycles. The summed E-state index contributed by atoms with van der Waals surface area (Å²) in [6.07, 6.45) is 1.60. The van der Waals surface area contributed by atoms with Gasteiger partial charge in [0.2, 0.25) is 10.0 Å². The van der Waals surface area contributed by atoms with Crippen LogP contribution in [-0.4, -0.2) is 14.6 Å². The second kappa shape index (κ2) is 10.3. The second-order valence-electron chi connectivity index (χ2n) is 7.47. The Morgan fingerprint density at radius 3 is 2.36 bits per heavy atom. The first kappa shape index (κ1) is 22.5. The van der Waals surface area contributed by atoms with Crippen molar-refractivity contribution >= 4 is 21.9 Å². The van der Waals surface area contributed by atoms with Gasteiger partial charge in [-0.2, -0.15) is 0 Å². The van der Waals surface area contributed by atoms with Gasteiger partial charge in [-0.15, -0.1) is 0 Å². The molecule has 0 radical (unpaired) electrons. The van der Waals surface area contributed by atoms with E-state index in [0.29, 0.717) is 18.1 Å². The number of aliphatic imine (C=N–C) groups is 1. The van der Waals surface area contributed by atoms with Gasteiger partial charge in [-0.25, -0.2) is 13.1 Å². The number of rotatable bonds is 9. The van der Waals surface area contributed by atoms with Crippen LogP contribution in [0, 0.1) is 6.92 Å². The van der Waals surface area contributed by atoms with Crippen LogP contribution in [0.5, 0.6) is 5.75 Å². The lowest BCUT2D eigenvalue weighted by molar-refractivity contribution is 0.306. The highest BCUT2D eigenvalue weighted by molar-refractivity contribution is 7.89. The highest BCUT2D eigenvalue weighted by Crippen LogP contribution is 2.19. The molecule has 0 saturated carbocycles.